The van der Waals surface area contributed by atoms with E-state index in [1.165, 1.54) is 7.11 Å². The molecule has 0 aliphatic heterocycles. The molecule has 0 spiro atoms. The molecular weight excluding hydrogens is 448 g/mol. The zero-order valence-corrected chi connectivity index (χ0v) is 19.6. The van der Waals surface area contributed by atoms with Gasteiger partial charge in [0.1, 0.15) is 6.61 Å². The largest absolute Gasteiger partial charge is 0.480 e. The fourth-order valence-corrected chi connectivity index (χ4v) is 6.26. The number of carbonyl (C=O) groups is 3. The fraction of sp³-hybridized carbons (Fsp3) is 0.444. The summed E-state index contributed by atoms with van der Waals surface area (Å²) in [6.45, 7) is 0.0822. The molecule has 5 atom stereocenters. The molecule has 8 nitrogen and oxygen atoms in total. The third-order valence-electron chi connectivity index (χ3n) is 7.80. The summed E-state index contributed by atoms with van der Waals surface area (Å²) in [5, 5.41) is 14.9. The number of carbonyl (C=O) groups excluding carboxylic acids is 2. The van der Waals surface area contributed by atoms with E-state index in [0.717, 1.165) is 41.5 Å². The highest BCUT2D eigenvalue weighted by Gasteiger charge is 2.52. The summed E-state index contributed by atoms with van der Waals surface area (Å²) in [6.07, 6.45) is 2.12. The Morgan fingerprint density at radius 2 is 1.63 bits per heavy atom. The Hall–Kier alpha value is -3.39. The molecular formula is C27H30N2O6. The molecule has 8 heteroatoms. The third kappa shape index (κ3) is 4.38. The number of hydrogen-bond acceptors (Lipinski definition) is 5. The lowest BCUT2D eigenvalue weighted by Gasteiger charge is -2.31. The van der Waals surface area contributed by atoms with E-state index in [2.05, 4.69) is 34.9 Å². The van der Waals surface area contributed by atoms with Crippen LogP contribution < -0.4 is 10.6 Å². The van der Waals surface area contributed by atoms with E-state index in [-0.39, 0.29) is 42.9 Å². The van der Waals surface area contributed by atoms with E-state index < -0.39 is 24.0 Å². The van der Waals surface area contributed by atoms with Gasteiger partial charge < -0.3 is 25.2 Å². The van der Waals surface area contributed by atoms with Gasteiger partial charge in [0, 0.05) is 19.1 Å². The molecule has 0 aromatic heterocycles. The fourth-order valence-electron chi connectivity index (χ4n) is 6.26. The van der Waals surface area contributed by atoms with Crippen LogP contribution in [0.3, 0.4) is 0 Å². The Morgan fingerprint density at radius 1 is 1.00 bits per heavy atom. The van der Waals surface area contributed by atoms with Crippen molar-refractivity contribution in [1.29, 1.82) is 0 Å². The smallest absolute Gasteiger partial charge is 0.407 e. The van der Waals surface area contributed by atoms with Crippen molar-refractivity contribution in [3.05, 3.63) is 59.7 Å². The quantitative estimate of drug-likeness (QED) is 0.537. The van der Waals surface area contributed by atoms with Gasteiger partial charge in [-0.05, 0) is 53.4 Å². The van der Waals surface area contributed by atoms with Crippen molar-refractivity contribution in [2.45, 2.75) is 37.3 Å². The van der Waals surface area contributed by atoms with Crippen LogP contribution in [-0.4, -0.2) is 55.5 Å². The van der Waals surface area contributed by atoms with Crippen LogP contribution in [-0.2, 0) is 19.1 Å². The molecule has 0 radical (unpaired) electrons. The molecule has 3 aliphatic rings. The van der Waals surface area contributed by atoms with Crippen LogP contribution in [0.2, 0.25) is 0 Å². The molecule has 2 bridgehead atoms. The second-order valence-electron chi connectivity index (χ2n) is 9.71. The molecule has 2 saturated carbocycles. The van der Waals surface area contributed by atoms with E-state index in [4.69, 9.17) is 9.47 Å². The second-order valence-corrected chi connectivity index (χ2v) is 9.71. The lowest BCUT2D eigenvalue weighted by Crippen LogP contribution is -2.53. The maximum Gasteiger partial charge on any atom is 0.407 e. The van der Waals surface area contributed by atoms with Gasteiger partial charge in [0.15, 0.2) is 6.04 Å². The SMILES string of the molecule is COCC(NC(=O)C1C2CCC(C2)C1NC(=O)OCC1c2ccccc2-c2ccccc21)C(=O)O. The van der Waals surface area contributed by atoms with Crippen molar-refractivity contribution in [3.8, 4) is 11.1 Å². The number of carboxylic acids is 1. The van der Waals surface area contributed by atoms with Crippen molar-refractivity contribution in [2.24, 2.45) is 17.8 Å². The number of alkyl carbamates (subject to hydrolysis) is 1. The summed E-state index contributed by atoms with van der Waals surface area (Å²) in [5.74, 6) is -1.72. The Morgan fingerprint density at radius 3 is 2.26 bits per heavy atom. The summed E-state index contributed by atoms with van der Waals surface area (Å²) in [5.41, 5.74) is 4.59. The predicted molar refractivity (Wildman–Crippen MR) is 128 cm³/mol. The Bertz CT molecular complexity index is 1090. The van der Waals surface area contributed by atoms with Gasteiger partial charge in [-0.2, -0.15) is 0 Å². The van der Waals surface area contributed by atoms with Gasteiger partial charge in [0.25, 0.3) is 0 Å². The first kappa shape index (κ1) is 23.4. The third-order valence-corrected chi connectivity index (χ3v) is 7.80. The number of ether oxygens (including phenoxy) is 2. The van der Waals surface area contributed by atoms with E-state index in [1.54, 1.807) is 0 Å². The molecule has 2 fully saturated rings. The second kappa shape index (κ2) is 9.70. The molecule has 2 amide bonds. The minimum atomic E-state index is -1.15. The van der Waals surface area contributed by atoms with Crippen LogP contribution in [0.15, 0.2) is 48.5 Å². The Labute approximate surface area is 204 Å². The normalized spacial score (nSPS) is 24.9. The highest BCUT2D eigenvalue weighted by Crippen LogP contribution is 2.49. The lowest BCUT2D eigenvalue weighted by molar-refractivity contribution is -0.144. The van der Waals surface area contributed by atoms with Crippen molar-refractivity contribution in [2.75, 3.05) is 20.3 Å². The first-order chi connectivity index (χ1) is 17.0. The maximum absolute atomic E-state index is 13.0. The predicted octanol–water partition coefficient (Wildman–Crippen LogP) is 3.16. The summed E-state index contributed by atoms with van der Waals surface area (Å²) >= 11 is 0. The standard InChI is InChI=1S/C27H30N2O6/c1-34-14-22(26(31)32)28-25(30)23-15-10-11-16(12-15)24(23)29-27(33)35-13-21-19-8-4-2-6-17(19)18-7-3-5-9-20(18)21/h2-9,15-16,21-24H,10-14H2,1H3,(H,28,30)(H,29,33)(H,31,32). The number of fused-ring (bicyclic) bond motifs is 5. The summed E-state index contributed by atoms with van der Waals surface area (Å²) in [4.78, 5) is 37.4. The number of nitrogens with one attached hydrogen (secondary N) is 2. The van der Waals surface area contributed by atoms with Crippen LogP contribution in [0.5, 0.6) is 0 Å². The average molecular weight is 479 g/mol. The highest BCUT2D eigenvalue weighted by atomic mass is 16.5. The minimum absolute atomic E-state index is 0.0438. The van der Waals surface area contributed by atoms with E-state index in [1.807, 2.05) is 24.3 Å². The van der Waals surface area contributed by atoms with Crippen LogP contribution in [0.4, 0.5) is 4.79 Å². The monoisotopic (exact) mass is 478 g/mol. The number of aliphatic carboxylic acids is 1. The van der Waals surface area contributed by atoms with Gasteiger partial charge in [-0.15, -0.1) is 0 Å². The molecule has 2 aromatic carbocycles. The molecule has 2 aromatic rings. The van der Waals surface area contributed by atoms with Crippen molar-refractivity contribution < 1.29 is 29.0 Å². The van der Waals surface area contributed by atoms with E-state index >= 15 is 0 Å². The minimum Gasteiger partial charge on any atom is -0.480 e. The molecule has 0 heterocycles. The Balaban J connectivity index is 1.25. The van der Waals surface area contributed by atoms with Gasteiger partial charge in [-0.25, -0.2) is 9.59 Å². The molecule has 5 unspecified atom stereocenters. The summed E-state index contributed by atoms with van der Waals surface area (Å²) in [7, 11) is 1.39. The van der Waals surface area contributed by atoms with Crippen molar-refractivity contribution >= 4 is 18.0 Å². The number of benzene rings is 2. The number of amides is 2. The lowest BCUT2D eigenvalue weighted by atomic mass is 9.83. The Kier molecular flexibility index (Phi) is 6.47. The molecule has 5 rings (SSSR count). The van der Waals surface area contributed by atoms with Crippen LogP contribution >= 0.6 is 0 Å². The van der Waals surface area contributed by atoms with Crippen molar-refractivity contribution in [3.63, 3.8) is 0 Å². The number of rotatable bonds is 8. The van der Waals surface area contributed by atoms with Crippen molar-refractivity contribution in [1.82, 2.24) is 10.6 Å². The van der Waals surface area contributed by atoms with Crippen LogP contribution in [0, 0.1) is 17.8 Å². The zero-order chi connectivity index (χ0) is 24.5. The number of hydrogen-bond donors (Lipinski definition) is 3. The summed E-state index contributed by atoms with van der Waals surface area (Å²) < 4.78 is 10.6. The first-order valence-corrected chi connectivity index (χ1v) is 12.1. The molecule has 35 heavy (non-hydrogen) atoms. The van der Waals surface area contributed by atoms with Gasteiger partial charge in [0.2, 0.25) is 5.91 Å². The van der Waals surface area contributed by atoms with Gasteiger partial charge in [0.05, 0.1) is 12.5 Å². The molecule has 3 N–H and O–H groups in total. The number of carboxylic acid groups (broad SMARTS) is 1. The summed E-state index contributed by atoms with van der Waals surface area (Å²) in [6, 6.07) is 14.8. The molecule has 0 saturated heterocycles. The zero-order valence-electron chi connectivity index (χ0n) is 19.6. The molecule has 184 valence electrons. The topological polar surface area (TPSA) is 114 Å². The first-order valence-electron chi connectivity index (χ1n) is 12.1. The number of methoxy groups -OCH3 is 1. The molecule has 3 aliphatic carbocycles. The highest BCUT2D eigenvalue weighted by molar-refractivity contribution is 5.86. The van der Waals surface area contributed by atoms with Gasteiger partial charge in [-0.3, -0.25) is 4.79 Å². The van der Waals surface area contributed by atoms with Crippen LogP contribution in [0.1, 0.15) is 36.3 Å². The van der Waals surface area contributed by atoms with Gasteiger partial charge in [-0.1, -0.05) is 48.5 Å². The maximum atomic E-state index is 13.0. The van der Waals surface area contributed by atoms with E-state index in [0.29, 0.717) is 0 Å². The average Bonchev–Trinajstić information content (AvgIpc) is 3.54. The van der Waals surface area contributed by atoms with Crippen LogP contribution in [0.25, 0.3) is 11.1 Å². The van der Waals surface area contributed by atoms with E-state index in [9.17, 15) is 19.5 Å². The van der Waals surface area contributed by atoms with Gasteiger partial charge >= 0.3 is 12.1 Å².